The third-order valence-electron chi connectivity index (χ3n) is 2.67. The fourth-order valence-electron chi connectivity index (χ4n) is 1.68. The molecule has 0 aliphatic rings. The van der Waals surface area contributed by atoms with Crippen molar-refractivity contribution in [1.29, 1.82) is 0 Å². The van der Waals surface area contributed by atoms with Crippen LogP contribution in [0, 0.1) is 0 Å². The highest BCUT2D eigenvalue weighted by molar-refractivity contribution is 7.22. The van der Waals surface area contributed by atoms with Gasteiger partial charge in [0.15, 0.2) is 5.13 Å². The van der Waals surface area contributed by atoms with E-state index < -0.39 is 0 Å². The Bertz CT molecular complexity index is 804. The number of anilines is 1. The number of hydrogen-bond acceptors (Lipinski definition) is 6. The Morgan fingerprint density at radius 3 is 2.90 bits per heavy atom. The molecule has 0 saturated carbocycles. The molecular formula is C13H9ClN4O2S. The number of fused-ring (bicyclic) bond motifs is 1. The van der Waals surface area contributed by atoms with Crippen molar-refractivity contribution in [2.45, 2.75) is 0 Å². The van der Waals surface area contributed by atoms with Gasteiger partial charge in [0, 0.05) is 0 Å². The van der Waals surface area contributed by atoms with E-state index in [0.29, 0.717) is 5.13 Å². The maximum atomic E-state index is 12.0. The van der Waals surface area contributed by atoms with Crippen molar-refractivity contribution in [2.75, 3.05) is 12.4 Å². The lowest BCUT2D eigenvalue weighted by molar-refractivity contribution is 0.102. The van der Waals surface area contributed by atoms with Crippen molar-refractivity contribution in [3.63, 3.8) is 0 Å². The smallest absolute Gasteiger partial charge is 0.277 e. The largest absolute Gasteiger partial charge is 0.497 e. The maximum absolute atomic E-state index is 12.0. The summed E-state index contributed by atoms with van der Waals surface area (Å²) in [7, 11) is 1.60. The second kappa shape index (κ2) is 5.63. The number of carbonyl (C=O) groups excluding carboxylic acids is 1. The van der Waals surface area contributed by atoms with Gasteiger partial charge in [-0.15, -0.1) is 0 Å². The number of nitrogens with one attached hydrogen (secondary N) is 1. The van der Waals surface area contributed by atoms with Crippen LogP contribution >= 0.6 is 22.9 Å². The summed E-state index contributed by atoms with van der Waals surface area (Å²) in [5, 5.41) is 3.41. The van der Waals surface area contributed by atoms with Crippen LogP contribution in [0.25, 0.3) is 10.2 Å². The molecule has 8 heteroatoms. The zero-order valence-corrected chi connectivity index (χ0v) is 12.4. The number of halogens is 1. The molecule has 0 aliphatic carbocycles. The number of amides is 1. The lowest BCUT2D eigenvalue weighted by Gasteiger charge is -1.99. The molecule has 1 amide bonds. The molecule has 0 saturated heterocycles. The highest BCUT2D eigenvalue weighted by atomic mass is 35.5. The van der Waals surface area contributed by atoms with Crippen LogP contribution < -0.4 is 10.1 Å². The molecule has 0 aliphatic heterocycles. The van der Waals surface area contributed by atoms with E-state index in [1.165, 1.54) is 23.7 Å². The summed E-state index contributed by atoms with van der Waals surface area (Å²) in [6, 6.07) is 5.52. The van der Waals surface area contributed by atoms with Crippen molar-refractivity contribution < 1.29 is 9.53 Å². The van der Waals surface area contributed by atoms with Crippen molar-refractivity contribution in [1.82, 2.24) is 15.0 Å². The van der Waals surface area contributed by atoms with Crippen LogP contribution in [0.5, 0.6) is 5.75 Å². The number of hydrogen-bond donors (Lipinski definition) is 1. The number of thiazole rings is 1. The SMILES string of the molecule is COc1ccc2nc(NC(=O)c3cnc(Cl)cn3)sc2c1. The van der Waals surface area contributed by atoms with Crippen LogP contribution in [-0.4, -0.2) is 28.0 Å². The summed E-state index contributed by atoms with van der Waals surface area (Å²) in [6.45, 7) is 0. The monoisotopic (exact) mass is 320 g/mol. The zero-order valence-electron chi connectivity index (χ0n) is 10.8. The second-order valence-corrected chi connectivity index (χ2v) is 5.45. The van der Waals surface area contributed by atoms with E-state index in [1.807, 2.05) is 18.2 Å². The molecule has 2 aromatic heterocycles. The number of nitrogens with zero attached hydrogens (tertiary/aromatic N) is 3. The molecule has 21 heavy (non-hydrogen) atoms. The Morgan fingerprint density at radius 2 is 2.19 bits per heavy atom. The molecule has 0 atom stereocenters. The number of carbonyl (C=O) groups is 1. The van der Waals surface area contributed by atoms with Crippen LogP contribution in [0.4, 0.5) is 5.13 Å². The molecule has 0 spiro atoms. The highest BCUT2D eigenvalue weighted by Crippen LogP contribution is 2.29. The van der Waals surface area contributed by atoms with E-state index >= 15 is 0 Å². The number of rotatable bonds is 3. The first-order valence-corrected chi connectivity index (χ1v) is 7.08. The highest BCUT2D eigenvalue weighted by Gasteiger charge is 2.12. The Kier molecular flexibility index (Phi) is 3.68. The third-order valence-corrected chi connectivity index (χ3v) is 3.80. The van der Waals surface area contributed by atoms with Gasteiger partial charge in [-0.3, -0.25) is 10.1 Å². The van der Waals surface area contributed by atoms with E-state index in [0.717, 1.165) is 16.0 Å². The summed E-state index contributed by atoms with van der Waals surface area (Å²) >= 11 is 6.99. The van der Waals surface area contributed by atoms with E-state index in [4.69, 9.17) is 16.3 Å². The average molecular weight is 321 g/mol. The van der Waals surface area contributed by atoms with E-state index in [-0.39, 0.29) is 16.8 Å². The molecule has 2 heterocycles. The van der Waals surface area contributed by atoms with E-state index in [1.54, 1.807) is 7.11 Å². The zero-order chi connectivity index (χ0) is 14.8. The summed E-state index contributed by atoms with van der Waals surface area (Å²) in [4.78, 5) is 24.1. The van der Waals surface area contributed by atoms with Crippen LogP contribution in [0.1, 0.15) is 10.5 Å². The van der Waals surface area contributed by atoms with E-state index in [2.05, 4.69) is 20.3 Å². The van der Waals surface area contributed by atoms with Crippen LogP contribution in [0.15, 0.2) is 30.6 Å². The van der Waals surface area contributed by atoms with Crippen molar-refractivity contribution in [2.24, 2.45) is 0 Å². The van der Waals surface area contributed by atoms with Crippen molar-refractivity contribution in [3.05, 3.63) is 41.4 Å². The van der Waals surface area contributed by atoms with Crippen LogP contribution in [-0.2, 0) is 0 Å². The molecule has 0 radical (unpaired) electrons. The van der Waals surface area contributed by atoms with Gasteiger partial charge in [-0.05, 0) is 18.2 Å². The number of aromatic nitrogens is 3. The molecule has 106 valence electrons. The minimum atomic E-state index is -0.384. The summed E-state index contributed by atoms with van der Waals surface area (Å²) < 4.78 is 6.08. The molecule has 1 N–H and O–H groups in total. The van der Waals surface area contributed by atoms with Crippen molar-refractivity contribution in [3.8, 4) is 5.75 Å². The molecular weight excluding hydrogens is 312 g/mol. The third kappa shape index (κ3) is 2.93. The molecule has 3 aromatic rings. The second-order valence-electron chi connectivity index (χ2n) is 4.03. The van der Waals surface area contributed by atoms with Gasteiger partial charge in [-0.25, -0.2) is 15.0 Å². The Labute approximate surface area is 128 Å². The fraction of sp³-hybridized carbons (Fsp3) is 0.0769. The number of ether oxygens (including phenoxy) is 1. The van der Waals surface area contributed by atoms with Gasteiger partial charge in [-0.2, -0.15) is 0 Å². The van der Waals surface area contributed by atoms with Gasteiger partial charge in [0.05, 0.1) is 29.7 Å². The van der Waals surface area contributed by atoms with Gasteiger partial charge in [0.25, 0.3) is 5.91 Å². The first kappa shape index (κ1) is 13.7. The summed E-state index contributed by atoms with van der Waals surface area (Å²) in [5.74, 6) is 0.359. The molecule has 3 rings (SSSR count). The van der Waals surface area contributed by atoms with E-state index in [9.17, 15) is 4.79 Å². The molecule has 0 fully saturated rings. The van der Waals surface area contributed by atoms with Crippen molar-refractivity contribution >= 4 is 44.2 Å². The quantitative estimate of drug-likeness (QED) is 0.802. The molecule has 0 unspecified atom stereocenters. The first-order chi connectivity index (χ1) is 10.2. The minimum Gasteiger partial charge on any atom is -0.497 e. The summed E-state index contributed by atoms with van der Waals surface area (Å²) in [5.41, 5.74) is 0.967. The minimum absolute atomic E-state index is 0.177. The average Bonchev–Trinajstić information content (AvgIpc) is 2.88. The predicted octanol–water partition coefficient (Wildman–Crippen LogP) is 3.00. The molecule has 1 aromatic carbocycles. The first-order valence-electron chi connectivity index (χ1n) is 5.89. The van der Waals surface area contributed by atoms with Crippen LogP contribution in [0.3, 0.4) is 0 Å². The van der Waals surface area contributed by atoms with Crippen LogP contribution in [0.2, 0.25) is 5.15 Å². The standard InChI is InChI=1S/C13H9ClN4O2S/c1-20-7-2-3-8-10(4-7)21-13(17-8)18-12(19)9-5-16-11(14)6-15-9/h2-6H,1H3,(H,17,18,19). The van der Waals surface area contributed by atoms with Gasteiger partial charge in [0.1, 0.15) is 16.6 Å². The lowest BCUT2D eigenvalue weighted by atomic mass is 10.3. The summed E-state index contributed by atoms with van der Waals surface area (Å²) in [6.07, 6.45) is 2.63. The van der Waals surface area contributed by atoms with Gasteiger partial charge in [-0.1, -0.05) is 22.9 Å². The fourth-order valence-corrected chi connectivity index (χ4v) is 2.66. The van der Waals surface area contributed by atoms with Gasteiger partial charge >= 0.3 is 0 Å². The lowest BCUT2D eigenvalue weighted by Crippen LogP contribution is -2.13. The molecule has 6 nitrogen and oxygen atoms in total. The normalized spacial score (nSPS) is 10.6. The Balaban J connectivity index is 1.84. The predicted molar refractivity (Wildman–Crippen MR) is 81.2 cm³/mol. The number of methoxy groups -OCH3 is 1. The Morgan fingerprint density at radius 1 is 1.33 bits per heavy atom. The molecule has 0 bridgehead atoms. The topological polar surface area (TPSA) is 77.0 Å². The Hall–Kier alpha value is -2.25. The van der Waals surface area contributed by atoms with Gasteiger partial charge < -0.3 is 4.74 Å². The number of benzene rings is 1. The van der Waals surface area contributed by atoms with Gasteiger partial charge in [0.2, 0.25) is 0 Å². The maximum Gasteiger partial charge on any atom is 0.277 e.